The predicted octanol–water partition coefficient (Wildman–Crippen LogP) is 4.00. The molecule has 0 saturated heterocycles. The summed E-state index contributed by atoms with van der Waals surface area (Å²) in [5, 5.41) is 0.341. The van der Waals surface area contributed by atoms with Gasteiger partial charge in [-0.2, -0.15) is 0 Å². The maximum Gasteiger partial charge on any atom is 0.305 e. The number of hydrogen-bond acceptors (Lipinski definition) is 5. The number of carbonyl (C=O) groups excluding carboxylic acids is 2. The first-order chi connectivity index (χ1) is 14.1. The van der Waals surface area contributed by atoms with Gasteiger partial charge in [-0.25, -0.2) is 8.42 Å². The molecule has 0 heterocycles. The number of amides is 1. The van der Waals surface area contributed by atoms with Gasteiger partial charge >= 0.3 is 5.97 Å². The number of ether oxygens (including phenoxy) is 1. The number of esters is 1. The summed E-state index contributed by atoms with van der Waals surface area (Å²) < 4.78 is 30.5. The van der Waals surface area contributed by atoms with Crippen molar-refractivity contribution in [2.45, 2.75) is 24.3 Å². The molecule has 9 heteroatoms. The van der Waals surface area contributed by atoms with Crippen LogP contribution >= 0.6 is 23.2 Å². The van der Waals surface area contributed by atoms with Crippen molar-refractivity contribution in [3.05, 3.63) is 64.1 Å². The maximum absolute atomic E-state index is 13.0. The minimum atomic E-state index is -3.85. The summed E-state index contributed by atoms with van der Waals surface area (Å²) in [6.45, 7) is 0.321. The van der Waals surface area contributed by atoms with E-state index < -0.39 is 27.5 Å². The fourth-order valence-electron chi connectivity index (χ4n) is 2.95. The van der Waals surface area contributed by atoms with Crippen molar-refractivity contribution in [2.75, 3.05) is 19.9 Å². The Morgan fingerprint density at radius 3 is 2.33 bits per heavy atom. The Hall–Kier alpha value is -2.09. The second-order valence-corrected chi connectivity index (χ2v) is 9.70. The summed E-state index contributed by atoms with van der Waals surface area (Å²) >= 11 is 11.8. The fourth-order valence-corrected chi connectivity index (χ4v) is 4.92. The molecule has 0 spiro atoms. The van der Waals surface area contributed by atoms with Crippen molar-refractivity contribution in [2.24, 2.45) is 5.92 Å². The van der Waals surface area contributed by atoms with E-state index in [2.05, 4.69) is 4.74 Å². The van der Waals surface area contributed by atoms with Crippen LogP contribution in [0.4, 0.5) is 0 Å². The molecule has 0 fully saturated rings. The van der Waals surface area contributed by atoms with Gasteiger partial charge in [-0.15, -0.1) is 0 Å². The average Bonchev–Trinajstić information content (AvgIpc) is 2.72. The number of halogens is 2. The molecule has 162 valence electrons. The van der Waals surface area contributed by atoms with Gasteiger partial charge < -0.3 is 9.64 Å². The van der Waals surface area contributed by atoms with Crippen LogP contribution in [0.3, 0.4) is 0 Å². The monoisotopic (exact) mass is 471 g/mol. The summed E-state index contributed by atoms with van der Waals surface area (Å²) in [6, 6.07) is 13.3. The molecule has 0 bridgehead atoms. The van der Waals surface area contributed by atoms with Crippen molar-refractivity contribution < 1.29 is 22.7 Å². The Morgan fingerprint density at radius 1 is 1.07 bits per heavy atom. The zero-order chi connectivity index (χ0) is 22.3. The number of nitrogens with zero attached hydrogens (tertiary/aromatic N) is 1. The second-order valence-electron chi connectivity index (χ2n) is 6.85. The highest BCUT2D eigenvalue weighted by Crippen LogP contribution is 2.27. The highest BCUT2D eigenvalue weighted by molar-refractivity contribution is 7.91. The Kier molecular flexibility index (Phi) is 8.70. The number of sulfone groups is 1. The van der Waals surface area contributed by atoms with E-state index in [-0.39, 0.29) is 33.7 Å². The summed E-state index contributed by atoms with van der Waals surface area (Å²) in [6.07, 6.45) is -0.0197. The van der Waals surface area contributed by atoms with Crippen molar-refractivity contribution in [3.63, 3.8) is 0 Å². The van der Waals surface area contributed by atoms with Gasteiger partial charge in [0.15, 0.2) is 9.84 Å². The molecule has 0 aliphatic carbocycles. The number of hydrogen-bond donors (Lipinski definition) is 0. The van der Waals surface area contributed by atoms with E-state index in [0.29, 0.717) is 6.54 Å². The fraction of sp³-hybridized carbons (Fsp3) is 0.333. The molecular weight excluding hydrogens is 449 g/mol. The van der Waals surface area contributed by atoms with Crippen LogP contribution in [0.2, 0.25) is 10.0 Å². The highest BCUT2D eigenvalue weighted by Gasteiger charge is 2.30. The van der Waals surface area contributed by atoms with Crippen LogP contribution in [0.5, 0.6) is 0 Å². The van der Waals surface area contributed by atoms with Gasteiger partial charge in [-0.3, -0.25) is 9.59 Å². The smallest absolute Gasteiger partial charge is 0.305 e. The SMILES string of the molecule is COC(=O)CCC(CS(=O)(=O)c1ccc(Cl)c(Cl)c1)C(=O)N(C)Cc1ccccc1. The van der Waals surface area contributed by atoms with Crippen molar-refractivity contribution in [3.8, 4) is 0 Å². The van der Waals surface area contributed by atoms with Crippen LogP contribution in [0.15, 0.2) is 53.4 Å². The quantitative estimate of drug-likeness (QED) is 0.516. The lowest BCUT2D eigenvalue weighted by molar-refractivity contribution is -0.141. The molecule has 6 nitrogen and oxygen atoms in total. The van der Waals surface area contributed by atoms with Crippen LogP contribution in [0.1, 0.15) is 18.4 Å². The highest BCUT2D eigenvalue weighted by atomic mass is 35.5. The first kappa shape index (κ1) is 24.2. The van der Waals surface area contributed by atoms with E-state index in [1.807, 2.05) is 30.3 Å². The van der Waals surface area contributed by atoms with Gasteiger partial charge in [-0.05, 0) is 30.2 Å². The lowest BCUT2D eigenvalue weighted by Crippen LogP contribution is -2.36. The summed E-state index contributed by atoms with van der Waals surface area (Å²) in [4.78, 5) is 26.1. The minimum absolute atomic E-state index is 0.0292. The Bertz CT molecular complexity index is 996. The normalized spacial score (nSPS) is 12.3. The molecule has 1 amide bonds. The van der Waals surface area contributed by atoms with E-state index in [0.717, 1.165) is 5.56 Å². The number of methoxy groups -OCH3 is 1. The Morgan fingerprint density at radius 2 is 1.73 bits per heavy atom. The number of carbonyl (C=O) groups is 2. The van der Waals surface area contributed by atoms with Crippen molar-refractivity contribution in [1.82, 2.24) is 4.90 Å². The second kappa shape index (κ2) is 10.8. The van der Waals surface area contributed by atoms with Crippen LogP contribution < -0.4 is 0 Å². The van der Waals surface area contributed by atoms with Crippen LogP contribution in [0.25, 0.3) is 0 Å². The first-order valence-electron chi connectivity index (χ1n) is 9.17. The summed E-state index contributed by atoms with van der Waals surface area (Å²) in [7, 11) is -1.00. The van der Waals surface area contributed by atoms with Gasteiger partial charge in [0.2, 0.25) is 5.91 Å². The van der Waals surface area contributed by atoms with E-state index in [9.17, 15) is 18.0 Å². The van der Waals surface area contributed by atoms with Crippen LogP contribution in [-0.2, 0) is 30.7 Å². The van der Waals surface area contributed by atoms with Gasteiger partial charge in [-0.1, -0.05) is 53.5 Å². The Labute approximate surface area is 186 Å². The summed E-state index contributed by atoms with van der Waals surface area (Å²) in [5.74, 6) is -2.26. The van der Waals surface area contributed by atoms with E-state index in [1.54, 1.807) is 7.05 Å². The number of rotatable bonds is 9. The molecule has 0 aliphatic heterocycles. The van der Waals surface area contributed by atoms with Crippen molar-refractivity contribution >= 4 is 44.9 Å². The first-order valence-corrected chi connectivity index (χ1v) is 11.6. The lowest BCUT2D eigenvalue weighted by Gasteiger charge is -2.24. The average molecular weight is 472 g/mol. The predicted molar refractivity (Wildman–Crippen MR) is 116 cm³/mol. The zero-order valence-electron chi connectivity index (χ0n) is 16.7. The molecule has 0 N–H and O–H groups in total. The molecule has 0 aliphatic rings. The van der Waals surface area contributed by atoms with Gasteiger partial charge in [0, 0.05) is 20.0 Å². The zero-order valence-corrected chi connectivity index (χ0v) is 19.0. The van der Waals surface area contributed by atoms with Gasteiger partial charge in [0.1, 0.15) is 0 Å². The van der Waals surface area contributed by atoms with E-state index >= 15 is 0 Å². The standard InChI is InChI=1S/C21H23Cl2NO5S/c1-24(13-15-6-4-3-5-7-15)21(26)16(8-11-20(25)29-2)14-30(27,28)17-9-10-18(22)19(23)12-17/h3-7,9-10,12,16H,8,11,13-14H2,1-2H3. The minimum Gasteiger partial charge on any atom is -0.469 e. The Balaban J connectivity index is 2.23. The summed E-state index contributed by atoms with van der Waals surface area (Å²) in [5.41, 5.74) is 0.910. The molecule has 1 unspecified atom stereocenters. The number of benzene rings is 2. The van der Waals surface area contributed by atoms with Crippen LogP contribution in [0, 0.1) is 5.92 Å². The molecule has 0 saturated carbocycles. The molecule has 2 rings (SSSR count). The largest absolute Gasteiger partial charge is 0.469 e. The van der Waals surface area contributed by atoms with E-state index in [4.69, 9.17) is 23.2 Å². The topological polar surface area (TPSA) is 80.8 Å². The maximum atomic E-state index is 13.0. The molecule has 0 aromatic heterocycles. The third-order valence-corrected chi connectivity index (χ3v) is 7.14. The van der Waals surface area contributed by atoms with E-state index in [1.165, 1.54) is 30.2 Å². The lowest BCUT2D eigenvalue weighted by atomic mass is 10.0. The van der Waals surface area contributed by atoms with Gasteiger partial charge in [0.25, 0.3) is 0 Å². The molecular formula is C21H23Cl2NO5S. The van der Waals surface area contributed by atoms with Crippen LogP contribution in [-0.4, -0.2) is 45.1 Å². The van der Waals surface area contributed by atoms with Crippen molar-refractivity contribution in [1.29, 1.82) is 0 Å². The third kappa shape index (κ3) is 6.72. The molecule has 2 aromatic rings. The van der Waals surface area contributed by atoms with Gasteiger partial charge in [0.05, 0.1) is 33.7 Å². The molecule has 30 heavy (non-hydrogen) atoms. The molecule has 0 radical (unpaired) electrons. The molecule has 2 aromatic carbocycles. The third-order valence-electron chi connectivity index (χ3n) is 4.58. The molecule has 1 atom stereocenters.